The van der Waals surface area contributed by atoms with Crippen LogP contribution in [0.15, 0.2) is 0 Å². The minimum Gasteiger partial charge on any atom is -0.383 e. The summed E-state index contributed by atoms with van der Waals surface area (Å²) in [6.07, 6.45) is 0. The summed E-state index contributed by atoms with van der Waals surface area (Å²) in [5.74, 6) is -0.521. The molecule has 0 radical (unpaired) electrons. The Labute approximate surface area is 107 Å². The first-order valence-corrected chi connectivity index (χ1v) is 6.07. The van der Waals surface area contributed by atoms with Crippen LogP contribution in [0.4, 0.5) is 0 Å². The molecule has 2 amide bonds. The van der Waals surface area contributed by atoms with Crippen molar-refractivity contribution in [1.29, 1.82) is 0 Å². The van der Waals surface area contributed by atoms with Crippen LogP contribution in [0, 0.1) is 0 Å². The molecule has 0 spiro atoms. The Morgan fingerprint density at radius 1 is 1.61 bits per heavy atom. The van der Waals surface area contributed by atoms with Gasteiger partial charge in [0.2, 0.25) is 11.8 Å². The average molecular weight is 258 g/mol. The van der Waals surface area contributed by atoms with Crippen LogP contribution in [-0.2, 0) is 14.3 Å². The van der Waals surface area contributed by atoms with Gasteiger partial charge in [0.05, 0.1) is 13.2 Å². The molecule has 0 aromatic rings. The number of carbonyl (C=O) groups is 2. The Morgan fingerprint density at radius 3 is 2.94 bits per heavy atom. The number of methoxy groups -OCH3 is 1. The number of carbonyl (C=O) groups excluding carboxylic acids is 2. The molecule has 1 saturated heterocycles. The van der Waals surface area contributed by atoms with Gasteiger partial charge in [-0.25, -0.2) is 0 Å². The van der Waals surface area contributed by atoms with Gasteiger partial charge in [-0.1, -0.05) is 0 Å². The van der Waals surface area contributed by atoms with Crippen LogP contribution < -0.4 is 16.4 Å². The molecule has 0 bridgehead atoms. The number of piperazine rings is 1. The highest BCUT2D eigenvalue weighted by Gasteiger charge is 2.28. The van der Waals surface area contributed by atoms with Crippen LogP contribution in [0.3, 0.4) is 0 Å². The lowest BCUT2D eigenvalue weighted by molar-refractivity contribution is -0.128. The summed E-state index contributed by atoms with van der Waals surface area (Å²) in [5.41, 5.74) is 5.31. The van der Waals surface area contributed by atoms with Crippen molar-refractivity contribution in [1.82, 2.24) is 15.5 Å². The van der Waals surface area contributed by atoms with Crippen LogP contribution in [-0.4, -0.2) is 68.7 Å². The molecule has 1 rings (SSSR count). The topological polar surface area (TPSA) is 96.7 Å². The third kappa shape index (κ3) is 4.59. The van der Waals surface area contributed by atoms with E-state index in [1.54, 1.807) is 12.0 Å². The number of nitrogens with zero attached hydrogens (tertiary/aromatic N) is 1. The molecule has 104 valence electrons. The number of nitrogens with two attached hydrogens (primary N) is 1. The van der Waals surface area contributed by atoms with Crippen molar-refractivity contribution < 1.29 is 14.3 Å². The monoisotopic (exact) mass is 258 g/mol. The average Bonchev–Trinajstić information content (AvgIpc) is 2.29. The third-order valence-corrected chi connectivity index (χ3v) is 2.85. The van der Waals surface area contributed by atoms with Crippen LogP contribution >= 0.6 is 0 Å². The highest BCUT2D eigenvalue weighted by atomic mass is 16.5. The van der Waals surface area contributed by atoms with Gasteiger partial charge in [0.25, 0.3) is 0 Å². The lowest BCUT2D eigenvalue weighted by Gasteiger charge is -2.33. The van der Waals surface area contributed by atoms with Gasteiger partial charge < -0.3 is 21.1 Å². The number of rotatable bonds is 6. The Balaban J connectivity index is 2.43. The van der Waals surface area contributed by atoms with Gasteiger partial charge in [-0.05, 0) is 6.92 Å². The standard InChI is InChI=1S/C11H22N4O3/c1-8(7-18-2)14-10(16)6-15-4-3-13-5-9(15)11(12)17/h8-9,13H,3-7H2,1-2H3,(H2,12,17)(H,14,16). The maximum atomic E-state index is 11.8. The number of ether oxygens (including phenoxy) is 1. The molecule has 0 aliphatic carbocycles. The van der Waals surface area contributed by atoms with Crippen molar-refractivity contribution in [2.75, 3.05) is 39.9 Å². The predicted molar refractivity (Wildman–Crippen MR) is 66.9 cm³/mol. The molecule has 0 aromatic carbocycles. The van der Waals surface area contributed by atoms with E-state index in [0.717, 1.165) is 6.54 Å². The lowest BCUT2D eigenvalue weighted by atomic mass is 10.2. The highest BCUT2D eigenvalue weighted by molar-refractivity contribution is 5.82. The zero-order valence-corrected chi connectivity index (χ0v) is 10.9. The highest BCUT2D eigenvalue weighted by Crippen LogP contribution is 2.02. The fraction of sp³-hybridized carbons (Fsp3) is 0.818. The first-order valence-electron chi connectivity index (χ1n) is 6.07. The van der Waals surface area contributed by atoms with Gasteiger partial charge in [-0.3, -0.25) is 14.5 Å². The minimum atomic E-state index is -0.415. The summed E-state index contributed by atoms with van der Waals surface area (Å²) >= 11 is 0. The van der Waals surface area contributed by atoms with Gasteiger partial charge >= 0.3 is 0 Å². The Hall–Kier alpha value is -1.18. The van der Waals surface area contributed by atoms with Crippen LogP contribution in [0.2, 0.25) is 0 Å². The molecule has 4 N–H and O–H groups in total. The molecule has 0 aromatic heterocycles. The maximum Gasteiger partial charge on any atom is 0.236 e. The maximum absolute atomic E-state index is 11.8. The number of nitrogens with one attached hydrogen (secondary N) is 2. The predicted octanol–water partition coefficient (Wildman–Crippen LogP) is -2.10. The molecule has 7 heteroatoms. The molecular weight excluding hydrogens is 236 g/mol. The lowest BCUT2D eigenvalue weighted by Crippen LogP contribution is -2.59. The zero-order valence-electron chi connectivity index (χ0n) is 10.9. The van der Waals surface area contributed by atoms with Crippen molar-refractivity contribution in [3.8, 4) is 0 Å². The fourth-order valence-corrected chi connectivity index (χ4v) is 2.01. The van der Waals surface area contributed by atoms with E-state index in [-0.39, 0.29) is 18.5 Å². The molecule has 1 fully saturated rings. The van der Waals surface area contributed by atoms with Crippen LogP contribution in [0.1, 0.15) is 6.92 Å². The number of amides is 2. The Bertz CT molecular complexity index is 298. The second-order valence-corrected chi connectivity index (χ2v) is 4.52. The zero-order chi connectivity index (χ0) is 13.5. The van der Waals surface area contributed by atoms with E-state index in [2.05, 4.69) is 10.6 Å². The SMILES string of the molecule is COCC(C)NC(=O)CN1CCNCC1C(N)=O. The summed E-state index contributed by atoms with van der Waals surface area (Å²) in [4.78, 5) is 24.8. The number of hydrogen-bond acceptors (Lipinski definition) is 5. The third-order valence-electron chi connectivity index (χ3n) is 2.85. The van der Waals surface area contributed by atoms with E-state index in [0.29, 0.717) is 19.7 Å². The molecule has 18 heavy (non-hydrogen) atoms. The minimum absolute atomic E-state index is 0.0440. The molecule has 0 saturated carbocycles. The van der Waals surface area contributed by atoms with Gasteiger partial charge in [0, 0.05) is 32.8 Å². The van der Waals surface area contributed by atoms with Gasteiger partial charge in [-0.2, -0.15) is 0 Å². The Morgan fingerprint density at radius 2 is 2.33 bits per heavy atom. The van der Waals surface area contributed by atoms with Crippen molar-refractivity contribution in [2.45, 2.75) is 19.0 Å². The van der Waals surface area contributed by atoms with E-state index in [1.807, 2.05) is 6.92 Å². The van der Waals surface area contributed by atoms with Gasteiger partial charge in [0.1, 0.15) is 6.04 Å². The van der Waals surface area contributed by atoms with E-state index in [9.17, 15) is 9.59 Å². The summed E-state index contributed by atoms with van der Waals surface area (Å²) in [7, 11) is 1.59. The molecule has 1 aliphatic heterocycles. The second-order valence-electron chi connectivity index (χ2n) is 4.52. The Kier molecular flexibility index (Phi) is 6.03. The molecule has 2 atom stereocenters. The number of hydrogen-bond donors (Lipinski definition) is 3. The van der Waals surface area contributed by atoms with Crippen molar-refractivity contribution in [3.05, 3.63) is 0 Å². The summed E-state index contributed by atoms with van der Waals surface area (Å²) < 4.78 is 4.94. The summed E-state index contributed by atoms with van der Waals surface area (Å²) in [6, 6.07) is -0.459. The van der Waals surface area contributed by atoms with E-state index in [4.69, 9.17) is 10.5 Å². The molecular formula is C11H22N4O3. The van der Waals surface area contributed by atoms with Crippen molar-refractivity contribution in [3.63, 3.8) is 0 Å². The molecule has 1 aliphatic rings. The molecule has 7 nitrogen and oxygen atoms in total. The van der Waals surface area contributed by atoms with E-state index in [1.165, 1.54) is 0 Å². The summed E-state index contributed by atoms with van der Waals surface area (Å²) in [6.45, 7) is 4.40. The first-order chi connectivity index (χ1) is 8.54. The molecule has 1 heterocycles. The van der Waals surface area contributed by atoms with Crippen molar-refractivity contribution >= 4 is 11.8 Å². The van der Waals surface area contributed by atoms with E-state index >= 15 is 0 Å². The van der Waals surface area contributed by atoms with E-state index < -0.39 is 11.9 Å². The normalized spacial score (nSPS) is 22.4. The quantitative estimate of drug-likeness (QED) is 0.507. The summed E-state index contributed by atoms with van der Waals surface area (Å²) in [5, 5.41) is 5.90. The second kappa shape index (κ2) is 7.30. The first kappa shape index (κ1) is 14.9. The van der Waals surface area contributed by atoms with Crippen LogP contribution in [0.5, 0.6) is 0 Å². The number of primary amides is 1. The van der Waals surface area contributed by atoms with Crippen molar-refractivity contribution in [2.24, 2.45) is 5.73 Å². The largest absolute Gasteiger partial charge is 0.383 e. The fourth-order valence-electron chi connectivity index (χ4n) is 2.01. The smallest absolute Gasteiger partial charge is 0.236 e. The van der Waals surface area contributed by atoms with Gasteiger partial charge in [-0.15, -0.1) is 0 Å². The van der Waals surface area contributed by atoms with Crippen LogP contribution in [0.25, 0.3) is 0 Å². The molecule has 2 unspecified atom stereocenters. The van der Waals surface area contributed by atoms with Gasteiger partial charge in [0.15, 0.2) is 0 Å².